The first-order chi connectivity index (χ1) is 12.8. The normalized spacial score (nSPS) is 16.7. The molecule has 0 spiro atoms. The average molecular weight is 348 g/mol. The van der Waals surface area contributed by atoms with Crippen molar-refractivity contribution in [1.82, 2.24) is 4.90 Å². The van der Waals surface area contributed by atoms with Crippen molar-refractivity contribution in [3.05, 3.63) is 64.3 Å². The Morgan fingerprint density at radius 1 is 0.962 bits per heavy atom. The molecular formula is C21H24N4O. The van der Waals surface area contributed by atoms with Gasteiger partial charge in [0.25, 0.3) is 0 Å². The molecule has 0 unspecified atom stereocenters. The number of piperidine rings is 1. The van der Waals surface area contributed by atoms with E-state index in [1.807, 2.05) is 30.3 Å². The molecule has 2 aromatic carbocycles. The second-order valence-corrected chi connectivity index (χ2v) is 6.87. The van der Waals surface area contributed by atoms with Gasteiger partial charge in [-0.3, -0.25) is 10.3 Å². The van der Waals surface area contributed by atoms with Crippen molar-refractivity contribution in [1.29, 1.82) is 5.41 Å². The highest BCUT2D eigenvalue weighted by Gasteiger charge is 2.15. The van der Waals surface area contributed by atoms with Crippen LogP contribution in [0.3, 0.4) is 0 Å². The highest BCUT2D eigenvalue weighted by atomic mass is 16.5. The number of ether oxygens (including phenoxy) is 1. The topological polar surface area (TPSA) is 61.0 Å². The maximum Gasteiger partial charge on any atom is 0.243 e. The Labute approximate surface area is 153 Å². The molecule has 5 heteroatoms. The monoisotopic (exact) mass is 348 g/mol. The van der Waals surface area contributed by atoms with Crippen LogP contribution in [0.15, 0.2) is 52.4 Å². The zero-order chi connectivity index (χ0) is 17.8. The lowest BCUT2D eigenvalue weighted by Crippen LogP contribution is -2.33. The van der Waals surface area contributed by atoms with Gasteiger partial charge in [-0.1, -0.05) is 36.8 Å². The second kappa shape index (κ2) is 7.79. The summed E-state index contributed by atoms with van der Waals surface area (Å²) in [6.07, 6.45) is 4.66. The van der Waals surface area contributed by atoms with Crippen molar-refractivity contribution in [3.8, 4) is 5.75 Å². The van der Waals surface area contributed by atoms with Gasteiger partial charge >= 0.3 is 0 Å². The third kappa shape index (κ3) is 3.83. The molecule has 134 valence electrons. The maximum atomic E-state index is 7.77. The van der Waals surface area contributed by atoms with Crippen LogP contribution in [0.2, 0.25) is 0 Å². The van der Waals surface area contributed by atoms with Gasteiger partial charge in [-0.2, -0.15) is 0 Å². The molecule has 0 bridgehead atoms. The van der Waals surface area contributed by atoms with E-state index in [1.165, 1.54) is 37.9 Å². The van der Waals surface area contributed by atoms with E-state index in [9.17, 15) is 0 Å². The van der Waals surface area contributed by atoms with Crippen molar-refractivity contribution in [2.24, 2.45) is 9.98 Å². The summed E-state index contributed by atoms with van der Waals surface area (Å²) in [6.45, 7) is 3.99. The van der Waals surface area contributed by atoms with Crippen LogP contribution < -0.4 is 15.5 Å². The fourth-order valence-corrected chi connectivity index (χ4v) is 3.64. The summed E-state index contributed by atoms with van der Waals surface area (Å²) in [7, 11) is 0. The number of nitrogens with zero attached hydrogens (tertiary/aromatic N) is 3. The lowest BCUT2D eigenvalue weighted by Gasteiger charge is -2.26. The molecule has 0 saturated carbocycles. The minimum Gasteiger partial charge on any atom is -0.492 e. The van der Waals surface area contributed by atoms with E-state index in [1.54, 1.807) is 0 Å². The number of hydrogen-bond acceptors (Lipinski definition) is 3. The molecule has 2 aliphatic rings. The van der Waals surface area contributed by atoms with Gasteiger partial charge in [-0.15, -0.1) is 0 Å². The lowest BCUT2D eigenvalue weighted by molar-refractivity contribution is 0.182. The van der Waals surface area contributed by atoms with Gasteiger partial charge < -0.3 is 4.74 Å². The Morgan fingerprint density at radius 3 is 2.58 bits per heavy atom. The van der Waals surface area contributed by atoms with E-state index >= 15 is 0 Å². The molecule has 0 radical (unpaired) electrons. The molecule has 2 heterocycles. The fraction of sp³-hybridized carbons (Fsp3) is 0.381. The zero-order valence-corrected chi connectivity index (χ0v) is 14.9. The highest BCUT2D eigenvalue weighted by Crippen LogP contribution is 2.18. The van der Waals surface area contributed by atoms with E-state index in [0.717, 1.165) is 35.0 Å². The maximum absolute atomic E-state index is 7.77. The van der Waals surface area contributed by atoms with E-state index < -0.39 is 0 Å². The number of likely N-dealkylation sites (tertiary alicyclic amines) is 1. The molecule has 0 atom stereocenters. The summed E-state index contributed by atoms with van der Waals surface area (Å²) >= 11 is 0. The fourth-order valence-electron chi connectivity index (χ4n) is 3.64. The van der Waals surface area contributed by atoms with Crippen molar-refractivity contribution in [2.75, 3.05) is 26.2 Å². The Kier molecular flexibility index (Phi) is 5.07. The van der Waals surface area contributed by atoms with Gasteiger partial charge in [0.1, 0.15) is 17.7 Å². The van der Waals surface area contributed by atoms with Gasteiger partial charge in [0.15, 0.2) is 0 Å². The summed E-state index contributed by atoms with van der Waals surface area (Å²) in [4.78, 5) is 11.0. The van der Waals surface area contributed by atoms with Crippen molar-refractivity contribution in [3.63, 3.8) is 0 Å². The first-order valence-electron chi connectivity index (χ1n) is 9.36. The van der Waals surface area contributed by atoms with Crippen LogP contribution in [0.25, 0.3) is 0 Å². The smallest absolute Gasteiger partial charge is 0.243 e. The van der Waals surface area contributed by atoms with Crippen molar-refractivity contribution in [2.45, 2.75) is 25.7 Å². The number of hydrogen-bond donors (Lipinski definition) is 1. The Bertz CT molecular complexity index is 902. The van der Waals surface area contributed by atoms with Crippen LogP contribution in [0.5, 0.6) is 5.75 Å². The van der Waals surface area contributed by atoms with Gasteiger partial charge in [0.05, 0.1) is 5.36 Å². The Balaban J connectivity index is 1.56. The number of guanidine groups is 1. The summed E-state index contributed by atoms with van der Waals surface area (Å²) in [5, 5.41) is 9.33. The quantitative estimate of drug-likeness (QED) is 0.871. The molecule has 0 aromatic heterocycles. The van der Waals surface area contributed by atoms with Crippen LogP contribution in [0, 0.1) is 5.41 Å². The number of nitrogens with one attached hydrogen (secondary N) is 1. The summed E-state index contributed by atoms with van der Waals surface area (Å²) in [6, 6.07) is 14.2. The second-order valence-electron chi connectivity index (χ2n) is 6.87. The van der Waals surface area contributed by atoms with Crippen molar-refractivity contribution < 1.29 is 4.74 Å². The number of fused-ring (bicyclic) bond motifs is 1. The average Bonchev–Trinajstić information content (AvgIpc) is 3.06. The molecule has 5 nitrogen and oxygen atoms in total. The van der Waals surface area contributed by atoms with Gasteiger partial charge in [-0.25, -0.2) is 9.98 Å². The predicted molar refractivity (Wildman–Crippen MR) is 102 cm³/mol. The van der Waals surface area contributed by atoms with E-state index in [4.69, 9.17) is 10.1 Å². The van der Waals surface area contributed by atoms with Crippen LogP contribution >= 0.6 is 0 Å². The molecule has 1 fully saturated rings. The minimum atomic E-state index is 0.0692. The third-order valence-electron chi connectivity index (χ3n) is 5.00. The van der Waals surface area contributed by atoms with E-state index in [2.05, 4.69) is 27.0 Å². The molecule has 1 N–H and O–H groups in total. The van der Waals surface area contributed by atoms with E-state index in [0.29, 0.717) is 6.61 Å². The summed E-state index contributed by atoms with van der Waals surface area (Å²) < 4.78 is 6.16. The number of rotatable bonds is 6. The molecule has 4 rings (SSSR count). The van der Waals surface area contributed by atoms with Gasteiger partial charge in [-0.05, 0) is 43.6 Å². The largest absolute Gasteiger partial charge is 0.492 e. The third-order valence-corrected chi connectivity index (χ3v) is 5.00. The zero-order valence-electron chi connectivity index (χ0n) is 14.9. The highest BCUT2D eigenvalue weighted by molar-refractivity contribution is 5.80. The van der Waals surface area contributed by atoms with Crippen LogP contribution in [-0.4, -0.2) is 37.1 Å². The van der Waals surface area contributed by atoms with E-state index in [-0.39, 0.29) is 5.96 Å². The lowest BCUT2D eigenvalue weighted by atomic mass is 10.0. The molecule has 1 saturated heterocycles. The first kappa shape index (κ1) is 16.9. The molecular weight excluding hydrogens is 324 g/mol. The van der Waals surface area contributed by atoms with Crippen LogP contribution in [0.4, 0.5) is 0 Å². The molecule has 2 aliphatic heterocycles. The molecule has 0 aliphatic carbocycles. The summed E-state index contributed by atoms with van der Waals surface area (Å²) in [5.41, 5.74) is 2.23. The predicted octanol–water partition coefficient (Wildman–Crippen LogP) is 2.33. The van der Waals surface area contributed by atoms with Crippen LogP contribution in [-0.2, 0) is 6.42 Å². The standard InChI is InChI=1S/C21H24N4O/c22-21-23-18-9-10-19(26-14-13-25-11-5-2-6-12-25)17(20(18)24-21)15-16-7-3-1-4-8-16/h1,3-4,7-10,22H,2,5-6,11-15H2. The SMILES string of the molecule is N=C1N=c2ccc(OCCN3CCCCC3)c(Cc3ccccc3)c2=N1. The number of benzene rings is 2. The molecule has 26 heavy (non-hydrogen) atoms. The Morgan fingerprint density at radius 2 is 1.77 bits per heavy atom. The summed E-state index contributed by atoms with van der Waals surface area (Å²) in [5.74, 6) is 0.929. The Hall–Kier alpha value is -2.53. The first-order valence-corrected chi connectivity index (χ1v) is 9.36. The molecule has 0 amide bonds. The minimum absolute atomic E-state index is 0.0692. The molecule has 2 aromatic rings. The van der Waals surface area contributed by atoms with Gasteiger partial charge in [0, 0.05) is 18.5 Å². The van der Waals surface area contributed by atoms with Crippen molar-refractivity contribution >= 4 is 5.96 Å². The van der Waals surface area contributed by atoms with Gasteiger partial charge in [0.2, 0.25) is 5.96 Å². The van der Waals surface area contributed by atoms with Crippen LogP contribution in [0.1, 0.15) is 30.4 Å².